The third-order valence-corrected chi connectivity index (χ3v) is 3.90. The summed E-state index contributed by atoms with van der Waals surface area (Å²) in [6.07, 6.45) is -0.884. The van der Waals surface area contributed by atoms with Crippen molar-refractivity contribution in [2.45, 2.75) is 80.3 Å². The second-order valence-electron chi connectivity index (χ2n) is 7.99. The van der Waals surface area contributed by atoms with Gasteiger partial charge in [-0.1, -0.05) is 54.9 Å². The van der Waals surface area contributed by atoms with E-state index >= 15 is 0 Å². The second kappa shape index (κ2) is 6.49. The number of hydrogen-bond donors (Lipinski definition) is 0. The molecular weight excluding hydrogens is 249 g/mol. The van der Waals surface area contributed by atoms with Gasteiger partial charge in [0.05, 0.1) is 5.41 Å². The predicted octanol–water partition coefficient (Wildman–Crippen LogP) is 6.45. The summed E-state index contributed by atoms with van der Waals surface area (Å²) in [6, 6.07) is 0. The normalized spacial score (nSPS) is 15.9. The van der Waals surface area contributed by atoms with E-state index in [9.17, 15) is 13.2 Å². The highest BCUT2D eigenvalue weighted by Crippen LogP contribution is 2.43. The first kappa shape index (κ1) is 18.8. The van der Waals surface area contributed by atoms with Crippen LogP contribution in [0.4, 0.5) is 13.2 Å². The molecule has 0 rings (SSSR count). The van der Waals surface area contributed by atoms with Crippen LogP contribution in [0.2, 0.25) is 0 Å². The Bertz CT molecular complexity index is 262. The fourth-order valence-corrected chi connectivity index (χ4v) is 2.93. The molecule has 0 aliphatic heterocycles. The molecule has 0 saturated heterocycles. The number of rotatable bonds is 7. The molecule has 19 heavy (non-hydrogen) atoms. The van der Waals surface area contributed by atoms with Crippen molar-refractivity contribution in [3.8, 4) is 0 Å². The first-order valence-electron chi connectivity index (χ1n) is 7.33. The van der Waals surface area contributed by atoms with Crippen molar-refractivity contribution in [3.63, 3.8) is 0 Å². The van der Waals surface area contributed by atoms with Crippen molar-refractivity contribution in [2.75, 3.05) is 0 Å². The summed E-state index contributed by atoms with van der Waals surface area (Å²) in [7, 11) is 0. The van der Waals surface area contributed by atoms with Crippen molar-refractivity contribution in [1.82, 2.24) is 0 Å². The molecule has 0 aromatic carbocycles. The van der Waals surface area contributed by atoms with Crippen LogP contribution in [0.15, 0.2) is 0 Å². The minimum atomic E-state index is -4.10. The molecule has 0 amide bonds. The summed E-state index contributed by atoms with van der Waals surface area (Å²) < 4.78 is 38.5. The third-order valence-electron chi connectivity index (χ3n) is 3.90. The van der Waals surface area contributed by atoms with Crippen LogP contribution in [-0.4, -0.2) is 6.18 Å². The van der Waals surface area contributed by atoms with Crippen LogP contribution in [0.5, 0.6) is 0 Å². The lowest BCUT2D eigenvalue weighted by Crippen LogP contribution is -2.33. The zero-order valence-corrected chi connectivity index (χ0v) is 13.6. The average molecular weight is 280 g/mol. The number of alkyl halides is 3. The third kappa shape index (κ3) is 7.22. The van der Waals surface area contributed by atoms with Crippen LogP contribution in [0.25, 0.3) is 0 Å². The monoisotopic (exact) mass is 280 g/mol. The molecule has 116 valence electrons. The topological polar surface area (TPSA) is 0 Å². The zero-order valence-electron chi connectivity index (χ0n) is 13.6. The Morgan fingerprint density at radius 1 is 0.842 bits per heavy atom. The van der Waals surface area contributed by atoms with Crippen molar-refractivity contribution in [3.05, 3.63) is 0 Å². The molecule has 0 bridgehead atoms. The minimum Gasteiger partial charge on any atom is -0.171 e. The predicted molar refractivity (Wildman–Crippen MR) is 76.1 cm³/mol. The first-order valence-corrected chi connectivity index (χ1v) is 7.33. The van der Waals surface area contributed by atoms with Crippen LogP contribution in [0.1, 0.15) is 74.1 Å². The highest BCUT2D eigenvalue weighted by Gasteiger charge is 2.47. The molecule has 3 heteroatoms. The smallest absolute Gasteiger partial charge is 0.171 e. The van der Waals surface area contributed by atoms with Gasteiger partial charge >= 0.3 is 6.18 Å². The van der Waals surface area contributed by atoms with Gasteiger partial charge in [0.2, 0.25) is 0 Å². The van der Waals surface area contributed by atoms with E-state index in [-0.39, 0.29) is 17.8 Å². The lowest BCUT2D eigenvalue weighted by Gasteiger charge is -2.32. The summed E-state index contributed by atoms with van der Waals surface area (Å²) in [5.74, 6) is 0.750. The van der Waals surface area contributed by atoms with E-state index in [2.05, 4.69) is 27.7 Å². The molecule has 0 nitrogen and oxygen atoms in total. The van der Waals surface area contributed by atoms with Gasteiger partial charge in [0.25, 0.3) is 0 Å². The fourth-order valence-electron chi connectivity index (χ4n) is 2.93. The van der Waals surface area contributed by atoms with Gasteiger partial charge in [0.1, 0.15) is 0 Å². The molecular formula is C16H31F3. The molecule has 1 atom stereocenters. The van der Waals surface area contributed by atoms with Gasteiger partial charge in [0, 0.05) is 0 Å². The average Bonchev–Trinajstić information content (AvgIpc) is 2.10. The lowest BCUT2D eigenvalue weighted by atomic mass is 9.75. The van der Waals surface area contributed by atoms with Crippen molar-refractivity contribution >= 4 is 0 Å². The Hall–Kier alpha value is -0.210. The van der Waals surface area contributed by atoms with Crippen LogP contribution in [0.3, 0.4) is 0 Å². The van der Waals surface area contributed by atoms with Crippen molar-refractivity contribution in [1.29, 1.82) is 0 Å². The molecule has 0 N–H and O–H groups in total. The van der Waals surface area contributed by atoms with Crippen LogP contribution >= 0.6 is 0 Å². The van der Waals surface area contributed by atoms with E-state index in [1.807, 2.05) is 6.92 Å². The van der Waals surface area contributed by atoms with E-state index in [4.69, 9.17) is 0 Å². The Morgan fingerprint density at radius 3 is 1.68 bits per heavy atom. The lowest BCUT2D eigenvalue weighted by molar-refractivity contribution is -0.217. The molecule has 0 heterocycles. The van der Waals surface area contributed by atoms with Crippen LogP contribution < -0.4 is 0 Å². The zero-order chi connectivity index (χ0) is 15.5. The maximum Gasteiger partial charge on any atom is 0.393 e. The first-order chi connectivity index (χ1) is 8.27. The van der Waals surface area contributed by atoms with Crippen molar-refractivity contribution < 1.29 is 13.2 Å². The van der Waals surface area contributed by atoms with E-state index in [0.717, 1.165) is 19.3 Å². The molecule has 0 radical (unpaired) electrons. The van der Waals surface area contributed by atoms with E-state index < -0.39 is 11.6 Å². The Morgan fingerprint density at radius 2 is 1.32 bits per heavy atom. The summed E-state index contributed by atoms with van der Waals surface area (Å²) >= 11 is 0. The van der Waals surface area contributed by atoms with Gasteiger partial charge in [-0.05, 0) is 36.5 Å². The highest BCUT2D eigenvalue weighted by molar-refractivity contribution is 4.80. The summed E-state index contributed by atoms with van der Waals surface area (Å²) in [6.45, 7) is 13.4. The molecule has 0 spiro atoms. The summed E-state index contributed by atoms with van der Waals surface area (Å²) in [5, 5.41) is 0. The summed E-state index contributed by atoms with van der Waals surface area (Å²) in [4.78, 5) is 0. The number of hydrogen-bond acceptors (Lipinski definition) is 0. The Labute approximate surface area is 117 Å². The minimum absolute atomic E-state index is 0.114. The number of halogens is 3. The quantitative estimate of drug-likeness (QED) is 0.502. The van der Waals surface area contributed by atoms with Gasteiger partial charge in [0.15, 0.2) is 0 Å². The molecule has 1 unspecified atom stereocenters. The molecule has 0 aliphatic carbocycles. The fraction of sp³-hybridized carbons (Fsp3) is 1.00. The van der Waals surface area contributed by atoms with Gasteiger partial charge in [-0.25, -0.2) is 0 Å². The van der Waals surface area contributed by atoms with E-state index in [1.165, 1.54) is 13.8 Å². The Kier molecular flexibility index (Phi) is 6.42. The standard InChI is InChI=1S/C16H31F3/c1-12(2)10-14(4,5)9-8-13(3)11-15(6,7)16(17,18)19/h12-13H,8-11H2,1-7H3. The van der Waals surface area contributed by atoms with Gasteiger partial charge in [-0.2, -0.15) is 13.2 Å². The van der Waals surface area contributed by atoms with Crippen LogP contribution in [-0.2, 0) is 0 Å². The van der Waals surface area contributed by atoms with Gasteiger partial charge in [-0.15, -0.1) is 0 Å². The molecule has 0 saturated carbocycles. The largest absolute Gasteiger partial charge is 0.393 e. The molecule has 0 aromatic heterocycles. The van der Waals surface area contributed by atoms with Crippen molar-refractivity contribution in [2.24, 2.45) is 22.7 Å². The Balaban J connectivity index is 4.30. The molecule has 0 aromatic rings. The molecule has 0 fully saturated rings. The van der Waals surface area contributed by atoms with Gasteiger partial charge in [-0.3, -0.25) is 0 Å². The highest BCUT2D eigenvalue weighted by atomic mass is 19.4. The van der Waals surface area contributed by atoms with E-state index in [0.29, 0.717) is 5.92 Å². The second-order valence-corrected chi connectivity index (χ2v) is 7.99. The van der Waals surface area contributed by atoms with Crippen LogP contribution in [0, 0.1) is 22.7 Å². The molecule has 0 aliphatic rings. The van der Waals surface area contributed by atoms with E-state index in [1.54, 1.807) is 0 Å². The SMILES string of the molecule is CC(C)CC(C)(C)CCC(C)CC(C)(C)C(F)(F)F. The maximum atomic E-state index is 12.8. The maximum absolute atomic E-state index is 12.8. The summed E-state index contributed by atoms with van der Waals surface area (Å²) in [5.41, 5.74) is -1.35. The van der Waals surface area contributed by atoms with Gasteiger partial charge < -0.3 is 0 Å².